The van der Waals surface area contributed by atoms with Crippen molar-refractivity contribution >= 4 is 23.9 Å². The van der Waals surface area contributed by atoms with Crippen molar-refractivity contribution in [2.24, 2.45) is 0 Å². The summed E-state index contributed by atoms with van der Waals surface area (Å²) in [7, 11) is 0. The minimum Gasteiger partial charge on any atom is -0.490 e. The lowest BCUT2D eigenvalue weighted by atomic mass is 10.2. The van der Waals surface area contributed by atoms with Gasteiger partial charge in [0.15, 0.2) is 11.5 Å². The molecule has 0 radical (unpaired) electrons. The van der Waals surface area contributed by atoms with Crippen molar-refractivity contribution in [3.05, 3.63) is 53.6 Å². The number of esters is 1. The summed E-state index contributed by atoms with van der Waals surface area (Å²) in [6, 6.07) is 10.9. The van der Waals surface area contributed by atoms with E-state index in [4.69, 9.17) is 9.47 Å². The SMILES string of the molecule is CCOc1cc(C=O)ccc1OC(=O)c1cccc(NC(C)=O)c1. The molecular weight excluding hydrogens is 310 g/mol. The average Bonchev–Trinajstić information content (AvgIpc) is 2.56. The van der Waals surface area contributed by atoms with Gasteiger partial charge in [0.05, 0.1) is 12.2 Å². The Bertz CT molecular complexity index is 770. The van der Waals surface area contributed by atoms with Crippen LogP contribution < -0.4 is 14.8 Å². The van der Waals surface area contributed by atoms with E-state index < -0.39 is 5.97 Å². The average molecular weight is 327 g/mol. The highest BCUT2D eigenvalue weighted by Crippen LogP contribution is 2.29. The monoisotopic (exact) mass is 327 g/mol. The second kappa shape index (κ2) is 7.92. The molecule has 24 heavy (non-hydrogen) atoms. The Morgan fingerprint density at radius 2 is 1.92 bits per heavy atom. The number of amides is 1. The number of carbonyl (C=O) groups is 3. The van der Waals surface area contributed by atoms with Crippen LogP contribution in [0.1, 0.15) is 34.6 Å². The standard InChI is InChI=1S/C18H17NO5/c1-3-23-17-9-13(11-20)7-8-16(17)24-18(22)14-5-4-6-15(10-14)19-12(2)21/h4-11H,3H2,1-2H3,(H,19,21). The van der Waals surface area contributed by atoms with E-state index in [-0.39, 0.29) is 17.2 Å². The molecule has 1 N–H and O–H groups in total. The van der Waals surface area contributed by atoms with Gasteiger partial charge in [0.2, 0.25) is 5.91 Å². The molecule has 0 saturated carbocycles. The number of aldehydes is 1. The van der Waals surface area contributed by atoms with Crippen molar-refractivity contribution in [3.63, 3.8) is 0 Å². The second-order valence-electron chi connectivity index (χ2n) is 4.91. The third-order valence-electron chi connectivity index (χ3n) is 3.02. The van der Waals surface area contributed by atoms with E-state index in [2.05, 4.69) is 5.32 Å². The molecule has 0 aliphatic heterocycles. The zero-order valence-electron chi connectivity index (χ0n) is 13.4. The highest BCUT2D eigenvalue weighted by molar-refractivity contribution is 5.95. The van der Waals surface area contributed by atoms with Gasteiger partial charge >= 0.3 is 5.97 Å². The molecule has 6 nitrogen and oxygen atoms in total. The van der Waals surface area contributed by atoms with Crippen molar-refractivity contribution in [2.45, 2.75) is 13.8 Å². The Morgan fingerprint density at radius 3 is 2.58 bits per heavy atom. The van der Waals surface area contributed by atoms with Gasteiger partial charge in [0.25, 0.3) is 0 Å². The number of anilines is 1. The molecular formula is C18H17NO5. The van der Waals surface area contributed by atoms with E-state index >= 15 is 0 Å². The van der Waals surface area contributed by atoms with E-state index in [0.29, 0.717) is 29.9 Å². The van der Waals surface area contributed by atoms with Crippen LogP contribution in [0.25, 0.3) is 0 Å². The quantitative estimate of drug-likeness (QED) is 0.501. The first-order valence-electron chi connectivity index (χ1n) is 7.35. The number of nitrogens with one attached hydrogen (secondary N) is 1. The van der Waals surface area contributed by atoms with E-state index in [0.717, 1.165) is 0 Å². The summed E-state index contributed by atoms with van der Waals surface area (Å²) in [4.78, 5) is 34.2. The van der Waals surface area contributed by atoms with Gasteiger partial charge in [-0.1, -0.05) is 6.07 Å². The first-order valence-corrected chi connectivity index (χ1v) is 7.35. The first kappa shape index (κ1) is 17.2. The predicted octanol–water partition coefficient (Wildman–Crippen LogP) is 3.08. The molecule has 0 saturated heterocycles. The maximum Gasteiger partial charge on any atom is 0.343 e. The molecule has 0 aromatic heterocycles. The number of hydrogen-bond acceptors (Lipinski definition) is 5. The third kappa shape index (κ3) is 4.42. The maximum absolute atomic E-state index is 12.3. The molecule has 2 aromatic carbocycles. The van der Waals surface area contributed by atoms with Crippen molar-refractivity contribution in [1.82, 2.24) is 0 Å². The number of carbonyl (C=O) groups excluding carboxylic acids is 3. The van der Waals surface area contributed by atoms with Crippen LogP contribution in [-0.4, -0.2) is 24.8 Å². The number of rotatable bonds is 6. The maximum atomic E-state index is 12.3. The lowest BCUT2D eigenvalue weighted by Gasteiger charge is -2.11. The highest BCUT2D eigenvalue weighted by Gasteiger charge is 2.14. The fraction of sp³-hybridized carbons (Fsp3) is 0.167. The van der Waals surface area contributed by atoms with E-state index in [1.54, 1.807) is 25.1 Å². The normalized spacial score (nSPS) is 9.92. The third-order valence-corrected chi connectivity index (χ3v) is 3.02. The largest absolute Gasteiger partial charge is 0.490 e. The molecule has 0 fully saturated rings. The van der Waals surface area contributed by atoms with Gasteiger partial charge in [-0.05, 0) is 43.3 Å². The first-order chi connectivity index (χ1) is 11.5. The Hall–Kier alpha value is -3.15. The Labute approximate surface area is 139 Å². The molecule has 124 valence electrons. The van der Waals surface area contributed by atoms with Crippen molar-refractivity contribution in [1.29, 1.82) is 0 Å². The van der Waals surface area contributed by atoms with Crippen LogP contribution in [-0.2, 0) is 4.79 Å². The van der Waals surface area contributed by atoms with Gasteiger partial charge in [-0.2, -0.15) is 0 Å². The summed E-state index contributed by atoms with van der Waals surface area (Å²) >= 11 is 0. The Balaban J connectivity index is 2.23. The summed E-state index contributed by atoms with van der Waals surface area (Å²) in [6.45, 7) is 3.54. The van der Waals surface area contributed by atoms with Crippen LogP contribution in [0.15, 0.2) is 42.5 Å². The lowest BCUT2D eigenvalue weighted by Crippen LogP contribution is -2.11. The summed E-state index contributed by atoms with van der Waals surface area (Å²) in [6.07, 6.45) is 0.686. The van der Waals surface area contributed by atoms with Crippen LogP contribution in [0, 0.1) is 0 Å². The van der Waals surface area contributed by atoms with Gasteiger partial charge in [0.1, 0.15) is 6.29 Å². The van der Waals surface area contributed by atoms with Crippen LogP contribution in [0.2, 0.25) is 0 Å². The summed E-state index contributed by atoms with van der Waals surface area (Å²) in [5.41, 5.74) is 1.20. The minimum atomic E-state index is -0.595. The summed E-state index contributed by atoms with van der Waals surface area (Å²) in [5.74, 6) is -0.295. The molecule has 2 aromatic rings. The molecule has 2 rings (SSSR count). The molecule has 0 atom stereocenters. The molecule has 0 heterocycles. The summed E-state index contributed by atoms with van der Waals surface area (Å²) in [5, 5.41) is 2.60. The highest BCUT2D eigenvalue weighted by atomic mass is 16.6. The van der Waals surface area contributed by atoms with Crippen LogP contribution in [0.3, 0.4) is 0 Å². The fourth-order valence-electron chi connectivity index (χ4n) is 2.04. The molecule has 0 aliphatic rings. The molecule has 6 heteroatoms. The Kier molecular flexibility index (Phi) is 5.68. The van der Waals surface area contributed by atoms with Gasteiger partial charge < -0.3 is 14.8 Å². The molecule has 0 unspecified atom stereocenters. The van der Waals surface area contributed by atoms with Gasteiger partial charge in [0, 0.05) is 18.2 Å². The molecule has 0 bridgehead atoms. The number of hydrogen-bond donors (Lipinski definition) is 1. The van der Waals surface area contributed by atoms with Crippen molar-refractivity contribution < 1.29 is 23.9 Å². The predicted molar refractivity (Wildman–Crippen MR) is 88.7 cm³/mol. The smallest absolute Gasteiger partial charge is 0.343 e. The van der Waals surface area contributed by atoms with Crippen molar-refractivity contribution in [2.75, 3.05) is 11.9 Å². The van der Waals surface area contributed by atoms with Crippen LogP contribution in [0.5, 0.6) is 11.5 Å². The molecule has 1 amide bonds. The fourth-order valence-corrected chi connectivity index (χ4v) is 2.04. The Morgan fingerprint density at radius 1 is 1.12 bits per heavy atom. The topological polar surface area (TPSA) is 81.7 Å². The van der Waals surface area contributed by atoms with Crippen LogP contribution in [0.4, 0.5) is 5.69 Å². The zero-order valence-corrected chi connectivity index (χ0v) is 13.4. The van der Waals surface area contributed by atoms with Crippen molar-refractivity contribution in [3.8, 4) is 11.5 Å². The lowest BCUT2D eigenvalue weighted by molar-refractivity contribution is -0.114. The van der Waals surface area contributed by atoms with Crippen LogP contribution >= 0.6 is 0 Å². The number of ether oxygens (including phenoxy) is 2. The number of benzene rings is 2. The zero-order chi connectivity index (χ0) is 17.5. The van der Waals surface area contributed by atoms with E-state index in [1.807, 2.05) is 0 Å². The molecule has 0 spiro atoms. The second-order valence-corrected chi connectivity index (χ2v) is 4.91. The minimum absolute atomic E-state index is 0.220. The van der Waals surface area contributed by atoms with E-state index in [9.17, 15) is 14.4 Å². The van der Waals surface area contributed by atoms with Gasteiger partial charge in [-0.25, -0.2) is 4.79 Å². The van der Waals surface area contributed by atoms with Gasteiger partial charge in [-0.15, -0.1) is 0 Å². The van der Waals surface area contributed by atoms with Gasteiger partial charge in [-0.3, -0.25) is 9.59 Å². The molecule has 0 aliphatic carbocycles. The summed E-state index contributed by atoms with van der Waals surface area (Å²) < 4.78 is 10.8. The van der Waals surface area contributed by atoms with E-state index in [1.165, 1.54) is 31.2 Å².